The van der Waals surface area contributed by atoms with Crippen LogP contribution in [0, 0.1) is 5.92 Å². The second-order valence-electron chi connectivity index (χ2n) is 6.43. The van der Waals surface area contributed by atoms with Crippen LogP contribution in [0.25, 0.3) is 0 Å². The van der Waals surface area contributed by atoms with E-state index in [0.717, 1.165) is 29.6 Å². The molecule has 4 heteroatoms. The SMILES string of the molecule is NCc1ccc(N2CCC(CN3CCCC3)CC2)c(Cl)c1. The van der Waals surface area contributed by atoms with Crippen molar-refractivity contribution in [1.82, 2.24) is 4.90 Å². The fraction of sp³-hybridized carbons (Fsp3) is 0.647. The topological polar surface area (TPSA) is 32.5 Å². The van der Waals surface area contributed by atoms with Gasteiger partial charge in [0.2, 0.25) is 0 Å². The van der Waals surface area contributed by atoms with E-state index in [4.69, 9.17) is 17.3 Å². The average Bonchev–Trinajstić information content (AvgIpc) is 3.01. The molecular weight excluding hydrogens is 282 g/mol. The van der Waals surface area contributed by atoms with E-state index in [0.29, 0.717) is 6.54 Å². The summed E-state index contributed by atoms with van der Waals surface area (Å²) in [6.07, 6.45) is 5.35. The molecule has 116 valence electrons. The Morgan fingerprint density at radius 3 is 2.43 bits per heavy atom. The molecule has 3 rings (SSSR count). The Hall–Kier alpha value is -0.770. The van der Waals surface area contributed by atoms with Gasteiger partial charge in [0.25, 0.3) is 0 Å². The molecule has 0 atom stereocenters. The van der Waals surface area contributed by atoms with E-state index in [1.807, 2.05) is 6.07 Å². The van der Waals surface area contributed by atoms with Crippen molar-refractivity contribution in [1.29, 1.82) is 0 Å². The van der Waals surface area contributed by atoms with Gasteiger partial charge in [0.1, 0.15) is 0 Å². The van der Waals surface area contributed by atoms with Gasteiger partial charge in [0.15, 0.2) is 0 Å². The van der Waals surface area contributed by atoms with Crippen molar-refractivity contribution < 1.29 is 0 Å². The number of nitrogens with two attached hydrogens (primary N) is 1. The van der Waals surface area contributed by atoms with E-state index in [2.05, 4.69) is 21.9 Å². The number of piperidine rings is 1. The van der Waals surface area contributed by atoms with Crippen LogP contribution in [-0.4, -0.2) is 37.6 Å². The van der Waals surface area contributed by atoms with Crippen molar-refractivity contribution in [2.24, 2.45) is 11.7 Å². The second kappa shape index (κ2) is 6.99. The normalized spacial score (nSPS) is 21.1. The van der Waals surface area contributed by atoms with E-state index in [1.54, 1.807) is 0 Å². The van der Waals surface area contributed by atoms with Crippen LogP contribution in [0.4, 0.5) is 5.69 Å². The van der Waals surface area contributed by atoms with Gasteiger partial charge in [0, 0.05) is 26.2 Å². The fourth-order valence-electron chi connectivity index (χ4n) is 3.62. The van der Waals surface area contributed by atoms with Crippen molar-refractivity contribution in [3.05, 3.63) is 28.8 Å². The largest absolute Gasteiger partial charge is 0.370 e. The third-order valence-electron chi connectivity index (χ3n) is 4.92. The van der Waals surface area contributed by atoms with Gasteiger partial charge >= 0.3 is 0 Å². The Morgan fingerprint density at radius 1 is 1.10 bits per heavy atom. The number of hydrogen-bond acceptors (Lipinski definition) is 3. The molecule has 2 N–H and O–H groups in total. The first-order chi connectivity index (χ1) is 10.3. The Kier molecular flexibility index (Phi) is 5.04. The highest BCUT2D eigenvalue weighted by molar-refractivity contribution is 6.33. The summed E-state index contributed by atoms with van der Waals surface area (Å²) in [5.41, 5.74) is 7.95. The molecule has 0 spiro atoms. The Bertz CT molecular complexity index is 463. The summed E-state index contributed by atoms with van der Waals surface area (Å²) in [6.45, 7) is 6.73. The standard InChI is InChI=1S/C17H26ClN3/c18-16-11-15(12-19)3-4-17(16)21-9-5-14(6-10-21)13-20-7-1-2-8-20/h3-4,11,14H,1-2,5-10,12-13,19H2. The lowest BCUT2D eigenvalue weighted by Crippen LogP contribution is -2.38. The average molecular weight is 308 g/mol. The van der Waals surface area contributed by atoms with Gasteiger partial charge in [-0.1, -0.05) is 17.7 Å². The lowest BCUT2D eigenvalue weighted by molar-refractivity contribution is 0.249. The number of anilines is 1. The minimum atomic E-state index is 0.553. The van der Waals surface area contributed by atoms with Crippen LogP contribution in [0.1, 0.15) is 31.2 Å². The van der Waals surface area contributed by atoms with E-state index in [-0.39, 0.29) is 0 Å². The molecule has 0 saturated carbocycles. The number of likely N-dealkylation sites (tertiary alicyclic amines) is 1. The molecule has 0 radical (unpaired) electrons. The molecule has 2 aliphatic rings. The molecule has 2 aliphatic heterocycles. The van der Waals surface area contributed by atoms with E-state index in [1.165, 1.54) is 51.0 Å². The van der Waals surface area contributed by atoms with Crippen LogP contribution in [0.15, 0.2) is 18.2 Å². The maximum Gasteiger partial charge on any atom is 0.0642 e. The molecule has 0 aromatic heterocycles. The Balaban J connectivity index is 1.55. The van der Waals surface area contributed by atoms with Crippen LogP contribution in [0.2, 0.25) is 5.02 Å². The van der Waals surface area contributed by atoms with Crippen LogP contribution in [0.5, 0.6) is 0 Å². The van der Waals surface area contributed by atoms with Gasteiger partial charge in [-0.2, -0.15) is 0 Å². The summed E-state index contributed by atoms with van der Waals surface area (Å²) in [7, 11) is 0. The Labute approximate surface area is 133 Å². The second-order valence-corrected chi connectivity index (χ2v) is 6.84. The zero-order chi connectivity index (χ0) is 14.7. The minimum Gasteiger partial charge on any atom is -0.370 e. The summed E-state index contributed by atoms with van der Waals surface area (Å²) in [4.78, 5) is 5.08. The first-order valence-electron chi connectivity index (χ1n) is 8.22. The lowest BCUT2D eigenvalue weighted by atomic mass is 9.95. The van der Waals surface area contributed by atoms with Crippen LogP contribution < -0.4 is 10.6 Å². The van der Waals surface area contributed by atoms with E-state index in [9.17, 15) is 0 Å². The summed E-state index contributed by atoms with van der Waals surface area (Å²) < 4.78 is 0. The first-order valence-corrected chi connectivity index (χ1v) is 8.60. The number of hydrogen-bond donors (Lipinski definition) is 1. The molecule has 0 bridgehead atoms. The monoisotopic (exact) mass is 307 g/mol. The van der Waals surface area contributed by atoms with Crippen molar-refractivity contribution >= 4 is 17.3 Å². The van der Waals surface area contributed by atoms with Crippen molar-refractivity contribution in [3.63, 3.8) is 0 Å². The summed E-state index contributed by atoms with van der Waals surface area (Å²) >= 11 is 6.41. The van der Waals surface area contributed by atoms with Crippen LogP contribution >= 0.6 is 11.6 Å². The fourth-order valence-corrected chi connectivity index (χ4v) is 3.94. The molecule has 2 saturated heterocycles. The minimum absolute atomic E-state index is 0.553. The van der Waals surface area contributed by atoms with Gasteiger partial charge in [0.05, 0.1) is 10.7 Å². The third-order valence-corrected chi connectivity index (χ3v) is 5.22. The molecule has 21 heavy (non-hydrogen) atoms. The molecular formula is C17H26ClN3. The summed E-state index contributed by atoms with van der Waals surface area (Å²) in [5.74, 6) is 0.862. The summed E-state index contributed by atoms with van der Waals surface area (Å²) in [5, 5.41) is 0.843. The van der Waals surface area contributed by atoms with Crippen molar-refractivity contribution in [2.45, 2.75) is 32.2 Å². The van der Waals surface area contributed by atoms with Gasteiger partial charge in [-0.25, -0.2) is 0 Å². The molecule has 0 amide bonds. The maximum absolute atomic E-state index is 6.41. The van der Waals surface area contributed by atoms with Crippen LogP contribution in [-0.2, 0) is 6.54 Å². The summed E-state index contributed by atoms with van der Waals surface area (Å²) in [6, 6.07) is 6.23. The maximum atomic E-state index is 6.41. The lowest BCUT2D eigenvalue weighted by Gasteiger charge is -2.35. The Morgan fingerprint density at radius 2 is 1.81 bits per heavy atom. The molecule has 2 fully saturated rings. The van der Waals surface area contributed by atoms with Crippen molar-refractivity contribution in [3.8, 4) is 0 Å². The zero-order valence-electron chi connectivity index (χ0n) is 12.7. The predicted octanol–water partition coefficient (Wildman–Crippen LogP) is 3.11. The number of halogens is 1. The number of rotatable bonds is 4. The molecule has 0 unspecified atom stereocenters. The van der Waals surface area contributed by atoms with Gasteiger partial charge in [-0.3, -0.25) is 0 Å². The van der Waals surface area contributed by atoms with Crippen molar-refractivity contribution in [2.75, 3.05) is 37.6 Å². The predicted molar refractivity (Wildman–Crippen MR) is 90.0 cm³/mol. The molecule has 1 aromatic carbocycles. The highest BCUT2D eigenvalue weighted by atomic mass is 35.5. The molecule has 3 nitrogen and oxygen atoms in total. The first kappa shape index (κ1) is 15.1. The molecule has 2 heterocycles. The zero-order valence-corrected chi connectivity index (χ0v) is 13.5. The van der Waals surface area contributed by atoms with E-state index < -0.39 is 0 Å². The number of nitrogens with zero attached hydrogens (tertiary/aromatic N) is 2. The third kappa shape index (κ3) is 3.71. The smallest absolute Gasteiger partial charge is 0.0642 e. The van der Waals surface area contributed by atoms with Gasteiger partial charge in [-0.05, 0) is 62.4 Å². The highest BCUT2D eigenvalue weighted by Crippen LogP contribution is 2.31. The van der Waals surface area contributed by atoms with Gasteiger partial charge in [-0.15, -0.1) is 0 Å². The quantitative estimate of drug-likeness (QED) is 0.927. The van der Waals surface area contributed by atoms with Crippen LogP contribution in [0.3, 0.4) is 0 Å². The highest BCUT2D eigenvalue weighted by Gasteiger charge is 2.23. The number of benzene rings is 1. The van der Waals surface area contributed by atoms with E-state index >= 15 is 0 Å². The molecule has 0 aliphatic carbocycles. The van der Waals surface area contributed by atoms with Gasteiger partial charge < -0.3 is 15.5 Å². The molecule has 1 aromatic rings.